The van der Waals surface area contributed by atoms with Gasteiger partial charge < -0.3 is 25.2 Å². The number of aliphatic hydroxyl groups excluding tert-OH is 1. The van der Waals surface area contributed by atoms with Crippen LogP contribution in [0.1, 0.15) is 18.1 Å². The number of benzene rings is 2. The number of ether oxygens (including phenoxy) is 2. The number of guanidine groups is 1. The lowest BCUT2D eigenvalue weighted by atomic mass is 10.1. The van der Waals surface area contributed by atoms with Crippen LogP contribution in [0.5, 0.6) is 11.5 Å². The summed E-state index contributed by atoms with van der Waals surface area (Å²) in [6.07, 6.45) is 0.0123. The first kappa shape index (κ1) is 26.0. The second-order valence-electron chi connectivity index (χ2n) is 6.63. The molecule has 0 aliphatic carbocycles. The summed E-state index contributed by atoms with van der Waals surface area (Å²) in [4.78, 5) is 4.40. The summed E-state index contributed by atoms with van der Waals surface area (Å²) >= 11 is 0. The maximum Gasteiger partial charge on any atom is 0.191 e. The minimum atomic E-state index is -0.771. The van der Waals surface area contributed by atoms with E-state index in [1.807, 2.05) is 19.1 Å². The van der Waals surface area contributed by atoms with Gasteiger partial charge in [-0.2, -0.15) is 0 Å². The van der Waals surface area contributed by atoms with Gasteiger partial charge in [-0.25, -0.2) is 4.39 Å². The van der Waals surface area contributed by atoms with Crippen LogP contribution in [-0.2, 0) is 6.42 Å². The van der Waals surface area contributed by atoms with Gasteiger partial charge >= 0.3 is 0 Å². The molecule has 3 N–H and O–H groups in total. The van der Waals surface area contributed by atoms with E-state index in [1.165, 1.54) is 29.8 Å². The van der Waals surface area contributed by atoms with Crippen molar-refractivity contribution in [3.8, 4) is 11.5 Å². The van der Waals surface area contributed by atoms with E-state index in [0.29, 0.717) is 24.8 Å². The van der Waals surface area contributed by atoms with Crippen molar-refractivity contribution in [2.75, 3.05) is 33.4 Å². The molecule has 6 nitrogen and oxygen atoms in total. The number of halogens is 2. The van der Waals surface area contributed by atoms with Crippen molar-refractivity contribution in [1.82, 2.24) is 10.6 Å². The number of aryl methyl sites for hydroxylation is 1. The largest absolute Gasteiger partial charge is 0.496 e. The number of rotatable bonds is 10. The molecule has 0 amide bonds. The Morgan fingerprint density at radius 3 is 2.57 bits per heavy atom. The van der Waals surface area contributed by atoms with Crippen molar-refractivity contribution in [1.29, 1.82) is 0 Å². The fourth-order valence-corrected chi connectivity index (χ4v) is 2.73. The van der Waals surface area contributed by atoms with E-state index in [-0.39, 0.29) is 42.9 Å². The van der Waals surface area contributed by atoms with Crippen LogP contribution in [0.4, 0.5) is 4.39 Å². The van der Waals surface area contributed by atoms with Crippen LogP contribution in [0.2, 0.25) is 0 Å². The molecule has 0 spiro atoms. The second kappa shape index (κ2) is 14.0. The van der Waals surface area contributed by atoms with Crippen LogP contribution in [0, 0.1) is 12.7 Å². The van der Waals surface area contributed by atoms with Gasteiger partial charge in [0.25, 0.3) is 0 Å². The van der Waals surface area contributed by atoms with Crippen LogP contribution in [0.15, 0.2) is 47.5 Å². The second-order valence-corrected chi connectivity index (χ2v) is 6.63. The molecule has 2 aromatic carbocycles. The lowest BCUT2D eigenvalue weighted by molar-refractivity contribution is 0.114. The number of aliphatic hydroxyl groups is 1. The van der Waals surface area contributed by atoms with Gasteiger partial charge in [0.1, 0.15) is 30.0 Å². The highest BCUT2D eigenvalue weighted by Crippen LogP contribution is 2.19. The summed E-state index contributed by atoms with van der Waals surface area (Å²) in [5.41, 5.74) is 2.31. The Kier molecular flexibility index (Phi) is 12.1. The summed E-state index contributed by atoms with van der Waals surface area (Å²) in [6, 6.07) is 11.8. The van der Waals surface area contributed by atoms with Crippen LogP contribution >= 0.6 is 24.0 Å². The fourth-order valence-electron chi connectivity index (χ4n) is 2.73. The predicted molar refractivity (Wildman–Crippen MR) is 129 cm³/mol. The van der Waals surface area contributed by atoms with E-state index in [2.05, 4.69) is 28.6 Å². The molecule has 1 atom stereocenters. The molecule has 0 aliphatic heterocycles. The Hall–Kier alpha value is -2.07. The number of nitrogens with one attached hydrogen (secondary N) is 2. The minimum absolute atomic E-state index is 0. The average molecular weight is 531 g/mol. The van der Waals surface area contributed by atoms with Crippen molar-refractivity contribution in [2.45, 2.75) is 26.4 Å². The predicted octanol–water partition coefficient (Wildman–Crippen LogP) is 3.30. The Bertz CT molecular complexity index is 788. The lowest BCUT2D eigenvalue weighted by Gasteiger charge is -2.15. The monoisotopic (exact) mass is 531 g/mol. The summed E-state index contributed by atoms with van der Waals surface area (Å²) in [5.74, 6) is 1.67. The van der Waals surface area contributed by atoms with Gasteiger partial charge in [0.05, 0.1) is 13.7 Å². The van der Waals surface area contributed by atoms with Crippen LogP contribution < -0.4 is 20.1 Å². The van der Waals surface area contributed by atoms with Crippen LogP contribution in [0.25, 0.3) is 0 Å². The van der Waals surface area contributed by atoms with E-state index in [4.69, 9.17) is 9.47 Å². The third kappa shape index (κ3) is 9.17. The highest BCUT2D eigenvalue weighted by atomic mass is 127. The Morgan fingerprint density at radius 1 is 1.17 bits per heavy atom. The smallest absolute Gasteiger partial charge is 0.191 e. The number of nitrogens with zero attached hydrogens (tertiary/aromatic N) is 1. The lowest BCUT2D eigenvalue weighted by Crippen LogP contribution is -2.39. The van der Waals surface area contributed by atoms with Gasteiger partial charge in [0.15, 0.2) is 5.96 Å². The van der Waals surface area contributed by atoms with E-state index >= 15 is 0 Å². The molecule has 0 radical (unpaired) electrons. The maximum absolute atomic E-state index is 12.9. The van der Waals surface area contributed by atoms with Crippen molar-refractivity contribution in [3.63, 3.8) is 0 Å². The quantitative estimate of drug-likeness (QED) is 0.249. The SMILES string of the molecule is CCNC(=NCC(O)COc1ccc(F)cc1)NCCc1cc(C)ccc1OC.I. The molecule has 0 aliphatic rings. The van der Waals surface area contributed by atoms with E-state index in [1.54, 1.807) is 7.11 Å². The van der Waals surface area contributed by atoms with E-state index in [9.17, 15) is 9.50 Å². The first-order valence-corrected chi connectivity index (χ1v) is 9.74. The van der Waals surface area contributed by atoms with Crippen LogP contribution in [-0.4, -0.2) is 50.5 Å². The highest BCUT2D eigenvalue weighted by Gasteiger charge is 2.07. The van der Waals surface area contributed by atoms with Gasteiger partial charge in [0, 0.05) is 13.1 Å². The Balaban J connectivity index is 0.00000450. The molecule has 2 aromatic rings. The molecular weight excluding hydrogens is 500 g/mol. The molecule has 0 aromatic heterocycles. The standard InChI is InChI=1S/C22H30FN3O3.HI/c1-4-24-22(25-12-11-17-13-16(2)5-10-21(17)28-3)26-14-19(27)15-29-20-8-6-18(23)7-9-20;/h5-10,13,19,27H,4,11-12,14-15H2,1-3H3,(H2,24,25,26);1H. The third-order valence-electron chi connectivity index (χ3n) is 4.18. The molecule has 0 heterocycles. The van der Waals surface area contributed by atoms with Crippen molar-refractivity contribution in [3.05, 3.63) is 59.4 Å². The average Bonchev–Trinajstić information content (AvgIpc) is 2.71. The van der Waals surface area contributed by atoms with Gasteiger partial charge in [-0.1, -0.05) is 17.7 Å². The molecule has 0 fully saturated rings. The number of hydrogen-bond donors (Lipinski definition) is 3. The zero-order valence-corrected chi connectivity index (χ0v) is 20.0. The molecule has 0 saturated heterocycles. The molecule has 2 rings (SSSR count). The first-order chi connectivity index (χ1) is 14.0. The molecule has 166 valence electrons. The van der Waals surface area contributed by atoms with Crippen molar-refractivity contribution in [2.24, 2.45) is 4.99 Å². The minimum Gasteiger partial charge on any atom is -0.496 e. The van der Waals surface area contributed by atoms with Crippen LogP contribution in [0.3, 0.4) is 0 Å². The maximum atomic E-state index is 12.9. The normalized spacial score (nSPS) is 12.0. The van der Waals surface area contributed by atoms with Gasteiger partial charge in [-0.3, -0.25) is 4.99 Å². The molecular formula is C22H31FIN3O3. The van der Waals surface area contributed by atoms with Gasteiger partial charge in [-0.15, -0.1) is 24.0 Å². The Morgan fingerprint density at radius 2 is 1.90 bits per heavy atom. The summed E-state index contributed by atoms with van der Waals surface area (Å²) < 4.78 is 23.8. The zero-order valence-electron chi connectivity index (χ0n) is 17.7. The molecule has 30 heavy (non-hydrogen) atoms. The number of hydrogen-bond acceptors (Lipinski definition) is 4. The topological polar surface area (TPSA) is 75.1 Å². The Labute approximate surface area is 194 Å². The number of aliphatic imine (C=N–C) groups is 1. The summed E-state index contributed by atoms with van der Waals surface area (Å²) in [5, 5.41) is 16.5. The summed E-state index contributed by atoms with van der Waals surface area (Å²) in [7, 11) is 1.67. The summed E-state index contributed by atoms with van der Waals surface area (Å²) in [6.45, 7) is 5.68. The zero-order chi connectivity index (χ0) is 21.1. The molecule has 1 unspecified atom stereocenters. The van der Waals surface area contributed by atoms with E-state index in [0.717, 1.165) is 17.7 Å². The molecule has 8 heteroatoms. The van der Waals surface area contributed by atoms with Gasteiger partial charge in [-0.05, 0) is 56.2 Å². The first-order valence-electron chi connectivity index (χ1n) is 9.74. The highest BCUT2D eigenvalue weighted by molar-refractivity contribution is 14.0. The molecule has 0 bridgehead atoms. The third-order valence-corrected chi connectivity index (χ3v) is 4.18. The molecule has 0 saturated carbocycles. The van der Waals surface area contributed by atoms with E-state index < -0.39 is 6.10 Å². The fraction of sp³-hybridized carbons (Fsp3) is 0.409. The van der Waals surface area contributed by atoms with Crippen molar-refractivity contribution >= 4 is 29.9 Å². The van der Waals surface area contributed by atoms with Gasteiger partial charge in [0.2, 0.25) is 0 Å². The van der Waals surface area contributed by atoms with Crippen molar-refractivity contribution < 1.29 is 19.0 Å². The number of methoxy groups -OCH3 is 1.